The third-order valence-electron chi connectivity index (χ3n) is 4.43. The average molecular weight is 326 g/mol. The molecule has 0 radical (unpaired) electrons. The Labute approximate surface area is 141 Å². The number of aryl methyl sites for hydroxylation is 1. The maximum atomic E-state index is 12.1. The van der Waals surface area contributed by atoms with Crippen molar-refractivity contribution in [1.82, 2.24) is 20.4 Å². The number of likely N-dealkylation sites (tertiary alicyclic amines) is 1. The minimum Gasteiger partial charge on any atom is -0.352 e. The second-order valence-electron chi connectivity index (χ2n) is 6.26. The molecule has 6 nitrogen and oxygen atoms in total. The fraction of sp³-hybridized carbons (Fsp3) is 0.389. The number of hydrogen-bond acceptors (Lipinski definition) is 3. The lowest BCUT2D eigenvalue weighted by Gasteiger charge is -2.17. The Kier molecular flexibility index (Phi) is 4.93. The lowest BCUT2D eigenvalue weighted by Crippen LogP contribution is -2.32. The Bertz CT molecular complexity index is 711. The summed E-state index contributed by atoms with van der Waals surface area (Å²) in [4.78, 5) is 26.1. The van der Waals surface area contributed by atoms with Crippen molar-refractivity contribution in [3.8, 4) is 0 Å². The molecule has 1 aliphatic heterocycles. The summed E-state index contributed by atoms with van der Waals surface area (Å²) in [6.45, 7) is 3.76. The van der Waals surface area contributed by atoms with Crippen molar-refractivity contribution in [1.29, 1.82) is 0 Å². The lowest BCUT2D eigenvalue weighted by molar-refractivity contribution is -0.127. The van der Waals surface area contributed by atoms with Gasteiger partial charge in [-0.2, -0.15) is 5.10 Å². The third kappa shape index (κ3) is 3.82. The van der Waals surface area contributed by atoms with Gasteiger partial charge in [0, 0.05) is 37.7 Å². The van der Waals surface area contributed by atoms with E-state index in [1.165, 1.54) is 11.8 Å². The number of benzene rings is 1. The second kappa shape index (κ2) is 7.29. The van der Waals surface area contributed by atoms with Crippen LogP contribution in [0.3, 0.4) is 0 Å². The highest BCUT2D eigenvalue weighted by molar-refractivity contribution is 5.95. The summed E-state index contributed by atoms with van der Waals surface area (Å²) < 4.78 is 0. The molecule has 2 aromatic rings. The highest BCUT2D eigenvalue weighted by Gasteiger charge is 2.29. The molecule has 6 heteroatoms. The molecule has 0 bridgehead atoms. The van der Waals surface area contributed by atoms with Crippen molar-refractivity contribution >= 4 is 11.8 Å². The fourth-order valence-electron chi connectivity index (χ4n) is 3.03. The van der Waals surface area contributed by atoms with E-state index in [0.29, 0.717) is 25.1 Å². The topological polar surface area (TPSA) is 78.1 Å². The highest BCUT2D eigenvalue weighted by Crippen LogP contribution is 2.18. The predicted octanol–water partition coefficient (Wildman–Crippen LogP) is 1.54. The molecule has 0 unspecified atom stereocenters. The van der Waals surface area contributed by atoms with Crippen LogP contribution in [0.1, 0.15) is 28.0 Å². The van der Waals surface area contributed by atoms with E-state index in [-0.39, 0.29) is 17.7 Å². The van der Waals surface area contributed by atoms with Gasteiger partial charge in [-0.3, -0.25) is 14.7 Å². The van der Waals surface area contributed by atoms with E-state index < -0.39 is 0 Å². The molecule has 1 fully saturated rings. The minimum atomic E-state index is -0.142. The largest absolute Gasteiger partial charge is 0.352 e. The number of aromatic nitrogens is 2. The number of hydrogen-bond donors (Lipinski definition) is 2. The average Bonchev–Trinajstić information content (AvgIpc) is 3.17. The summed E-state index contributed by atoms with van der Waals surface area (Å²) in [5.74, 6) is 0.200. The first-order valence-electron chi connectivity index (χ1n) is 8.23. The molecule has 2 heterocycles. The van der Waals surface area contributed by atoms with Crippen LogP contribution in [-0.4, -0.2) is 46.5 Å². The zero-order chi connectivity index (χ0) is 16.9. The molecule has 1 aromatic heterocycles. The molecule has 1 aliphatic rings. The minimum absolute atomic E-state index is 0.142. The Morgan fingerprint density at radius 1 is 1.38 bits per heavy atom. The maximum absolute atomic E-state index is 12.1. The number of amides is 2. The van der Waals surface area contributed by atoms with Gasteiger partial charge >= 0.3 is 0 Å². The van der Waals surface area contributed by atoms with Crippen LogP contribution in [0.4, 0.5) is 0 Å². The Morgan fingerprint density at radius 2 is 2.17 bits per heavy atom. The number of rotatable bonds is 6. The standard InChI is InChI=1S/C18H22N4O2/c1-13-16(11-20-21-13)18(24)19-10-15-9-17(23)22(12-15)8-7-14-5-3-2-4-6-14/h2-6,11,15H,7-10,12H2,1H3,(H,19,24)(H,20,21)/t15-/m1/s1. The van der Waals surface area contributed by atoms with E-state index in [9.17, 15) is 9.59 Å². The molecule has 1 aromatic carbocycles. The number of nitrogens with one attached hydrogen (secondary N) is 2. The predicted molar refractivity (Wildman–Crippen MR) is 90.5 cm³/mol. The summed E-state index contributed by atoms with van der Waals surface area (Å²) in [5.41, 5.74) is 2.54. The van der Waals surface area contributed by atoms with E-state index >= 15 is 0 Å². The summed E-state index contributed by atoms with van der Waals surface area (Å²) in [5, 5.41) is 9.51. The Hall–Kier alpha value is -2.63. The molecule has 1 atom stereocenters. The van der Waals surface area contributed by atoms with Gasteiger partial charge in [-0.15, -0.1) is 0 Å². The molecule has 126 valence electrons. The van der Waals surface area contributed by atoms with Gasteiger partial charge in [0.1, 0.15) is 0 Å². The van der Waals surface area contributed by atoms with Crippen molar-refractivity contribution in [3.63, 3.8) is 0 Å². The Morgan fingerprint density at radius 3 is 2.88 bits per heavy atom. The summed E-state index contributed by atoms with van der Waals surface area (Å²) in [6, 6.07) is 10.2. The van der Waals surface area contributed by atoms with Crippen molar-refractivity contribution in [2.75, 3.05) is 19.6 Å². The van der Waals surface area contributed by atoms with Crippen molar-refractivity contribution in [2.24, 2.45) is 5.92 Å². The number of aromatic amines is 1. The first-order chi connectivity index (χ1) is 11.6. The molecule has 0 spiro atoms. The first-order valence-corrected chi connectivity index (χ1v) is 8.23. The summed E-state index contributed by atoms with van der Waals surface area (Å²) in [7, 11) is 0. The van der Waals surface area contributed by atoms with Crippen LogP contribution in [-0.2, 0) is 11.2 Å². The van der Waals surface area contributed by atoms with Crippen LogP contribution < -0.4 is 5.32 Å². The highest BCUT2D eigenvalue weighted by atomic mass is 16.2. The fourth-order valence-corrected chi connectivity index (χ4v) is 3.03. The van der Waals surface area contributed by atoms with E-state index in [2.05, 4.69) is 27.6 Å². The number of carbonyl (C=O) groups is 2. The second-order valence-corrected chi connectivity index (χ2v) is 6.26. The van der Waals surface area contributed by atoms with E-state index in [1.54, 1.807) is 0 Å². The molecule has 3 rings (SSSR count). The monoisotopic (exact) mass is 326 g/mol. The maximum Gasteiger partial charge on any atom is 0.254 e. The van der Waals surface area contributed by atoms with Gasteiger partial charge in [-0.05, 0) is 18.9 Å². The Balaban J connectivity index is 1.46. The van der Waals surface area contributed by atoms with Gasteiger partial charge in [0.15, 0.2) is 0 Å². The van der Waals surface area contributed by atoms with Crippen LogP contribution in [0.15, 0.2) is 36.5 Å². The lowest BCUT2D eigenvalue weighted by atomic mass is 10.1. The molecular formula is C18H22N4O2. The van der Waals surface area contributed by atoms with Gasteiger partial charge in [-0.25, -0.2) is 0 Å². The molecule has 2 amide bonds. The normalized spacial score (nSPS) is 17.3. The molecule has 24 heavy (non-hydrogen) atoms. The van der Waals surface area contributed by atoms with Crippen LogP contribution in [0.2, 0.25) is 0 Å². The number of carbonyl (C=O) groups excluding carboxylic acids is 2. The molecular weight excluding hydrogens is 304 g/mol. The van der Waals surface area contributed by atoms with Crippen molar-refractivity contribution in [2.45, 2.75) is 19.8 Å². The van der Waals surface area contributed by atoms with Crippen molar-refractivity contribution in [3.05, 3.63) is 53.3 Å². The zero-order valence-corrected chi connectivity index (χ0v) is 13.8. The number of nitrogens with zero attached hydrogens (tertiary/aromatic N) is 2. The van der Waals surface area contributed by atoms with Gasteiger partial charge < -0.3 is 10.2 Å². The van der Waals surface area contributed by atoms with Gasteiger partial charge in [0.2, 0.25) is 5.91 Å². The molecule has 0 aliphatic carbocycles. The smallest absolute Gasteiger partial charge is 0.254 e. The van der Waals surface area contributed by atoms with Gasteiger partial charge in [-0.1, -0.05) is 30.3 Å². The summed E-state index contributed by atoms with van der Waals surface area (Å²) in [6.07, 6.45) is 2.88. The molecule has 1 saturated heterocycles. The quantitative estimate of drug-likeness (QED) is 0.845. The van der Waals surface area contributed by atoms with E-state index in [0.717, 1.165) is 18.7 Å². The first kappa shape index (κ1) is 16.2. The van der Waals surface area contributed by atoms with Crippen LogP contribution in [0, 0.1) is 12.8 Å². The van der Waals surface area contributed by atoms with Gasteiger partial charge in [0.05, 0.1) is 11.8 Å². The molecule has 2 N–H and O–H groups in total. The summed E-state index contributed by atoms with van der Waals surface area (Å²) >= 11 is 0. The van der Waals surface area contributed by atoms with Crippen molar-refractivity contribution < 1.29 is 9.59 Å². The van der Waals surface area contributed by atoms with Crippen LogP contribution in [0.5, 0.6) is 0 Å². The van der Waals surface area contributed by atoms with Gasteiger partial charge in [0.25, 0.3) is 5.91 Å². The van der Waals surface area contributed by atoms with E-state index in [1.807, 2.05) is 30.0 Å². The SMILES string of the molecule is Cc1[nH]ncc1C(=O)NC[C@H]1CC(=O)N(CCc2ccccc2)C1. The number of H-pyrrole nitrogens is 1. The third-order valence-corrected chi connectivity index (χ3v) is 4.43. The molecule has 0 saturated carbocycles. The van der Waals surface area contributed by atoms with Crippen LogP contribution in [0.25, 0.3) is 0 Å². The van der Waals surface area contributed by atoms with E-state index in [4.69, 9.17) is 0 Å². The zero-order valence-electron chi connectivity index (χ0n) is 13.8. The van der Waals surface area contributed by atoms with Crippen LogP contribution >= 0.6 is 0 Å².